The van der Waals surface area contributed by atoms with Crippen LogP contribution in [-0.4, -0.2) is 41.6 Å². The molecule has 0 aromatic rings. The molecule has 0 radical (unpaired) electrons. The minimum absolute atomic E-state index is 0.0393. The summed E-state index contributed by atoms with van der Waals surface area (Å²) >= 11 is 0. The fourth-order valence-corrected chi connectivity index (χ4v) is 2.50. The summed E-state index contributed by atoms with van der Waals surface area (Å²) in [6, 6.07) is 0. The maximum absolute atomic E-state index is 13.3. The van der Waals surface area contributed by atoms with Crippen molar-refractivity contribution in [2.24, 2.45) is 0 Å². The summed E-state index contributed by atoms with van der Waals surface area (Å²) in [5.74, 6) is -0.584. The first kappa shape index (κ1) is 10.4. The first-order valence-electron chi connectivity index (χ1n) is 5.22. The maximum atomic E-state index is 13.3. The molecule has 2 rings (SSSR count). The van der Waals surface area contributed by atoms with Crippen LogP contribution in [-0.2, 0) is 14.3 Å². The quantitative estimate of drug-likeness (QED) is 0.635. The number of esters is 1. The Kier molecular flexibility index (Phi) is 2.40. The minimum atomic E-state index is -1.10. The molecular formula is C10H14FNO3. The second kappa shape index (κ2) is 3.47. The highest BCUT2D eigenvalue weighted by Gasteiger charge is 2.58. The van der Waals surface area contributed by atoms with Gasteiger partial charge in [-0.05, 0) is 13.3 Å². The molecule has 2 saturated heterocycles. The first-order chi connectivity index (χ1) is 7.10. The number of carbonyl (C=O) groups is 2. The van der Waals surface area contributed by atoms with Gasteiger partial charge in [0, 0.05) is 12.8 Å². The van der Waals surface area contributed by atoms with E-state index in [2.05, 4.69) is 0 Å². The highest BCUT2D eigenvalue weighted by molar-refractivity contribution is 5.92. The topological polar surface area (TPSA) is 46.6 Å². The smallest absolute Gasteiger partial charge is 0.332 e. The number of halogens is 1. The predicted octanol–water partition coefficient (Wildman–Crippen LogP) is 0.652. The number of rotatable bonds is 2. The lowest BCUT2D eigenvalue weighted by Crippen LogP contribution is -2.48. The molecule has 4 nitrogen and oxygen atoms in total. The van der Waals surface area contributed by atoms with Crippen LogP contribution in [0.3, 0.4) is 0 Å². The van der Waals surface area contributed by atoms with Gasteiger partial charge in [-0.3, -0.25) is 4.79 Å². The van der Waals surface area contributed by atoms with E-state index in [-0.39, 0.29) is 25.5 Å². The molecule has 0 aromatic heterocycles. The Morgan fingerprint density at radius 3 is 3.13 bits per heavy atom. The zero-order valence-corrected chi connectivity index (χ0v) is 8.66. The molecular weight excluding hydrogens is 201 g/mol. The van der Waals surface area contributed by atoms with E-state index in [1.165, 1.54) is 4.90 Å². The van der Waals surface area contributed by atoms with E-state index in [9.17, 15) is 14.0 Å². The number of hydrogen-bond acceptors (Lipinski definition) is 3. The second-order valence-corrected chi connectivity index (χ2v) is 4.06. The number of ether oxygens (including phenoxy) is 1. The van der Waals surface area contributed by atoms with E-state index in [0.29, 0.717) is 12.8 Å². The Bertz CT molecular complexity index is 307. The largest absolute Gasteiger partial charge is 0.464 e. The molecule has 5 heteroatoms. The predicted molar refractivity (Wildman–Crippen MR) is 49.8 cm³/mol. The average Bonchev–Trinajstić information content (AvgIpc) is 2.66. The van der Waals surface area contributed by atoms with E-state index >= 15 is 0 Å². The summed E-state index contributed by atoms with van der Waals surface area (Å²) < 4.78 is 18.2. The third-order valence-electron chi connectivity index (χ3n) is 3.17. The van der Waals surface area contributed by atoms with Crippen LogP contribution in [0.1, 0.15) is 26.2 Å². The van der Waals surface area contributed by atoms with E-state index in [0.717, 1.165) is 0 Å². The van der Waals surface area contributed by atoms with Crippen LogP contribution in [0.15, 0.2) is 0 Å². The highest BCUT2D eigenvalue weighted by atomic mass is 19.1. The number of carbonyl (C=O) groups excluding carboxylic acids is 2. The van der Waals surface area contributed by atoms with Gasteiger partial charge in [-0.2, -0.15) is 0 Å². The van der Waals surface area contributed by atoms with Gasteiger partial charge in [0.25, 0.3) is 0 Å². The molecule has 0 saturated carbocycles. The third kappa shape index (κ3) is 1.41. The van der Waals surface area contributed by atoms with Gasteiger partial charge in [0.2, 0.25) is 5.91 Å². The minimum Gasteiger partial charge on any atom is -0.464 e. The Morgan fingerprint density at radius 1 is 1.73 bits per heavy atom. The fraction of sp³-hybridized carbons (Fsp3) is 0.800. The summed E-state index contributed by atoms with van der Waals surface area (Å²) in [6.45, 7) is 2.01. The molecule has 0 aliphatic carbocycles. The molecule has 0 spiro atoms. The van der Waals surface area contributed by atoms with Crippen molar-refractivity contribution in [2.45, 2.75) is 37.9 Å². The molecule has 2 atom stereocenters. The number of hydrogen-bond donors (Lipinski definition) is 0. The Balaban J connectivity index is 2.24. The number of nitrogens with zero attached hydrogens (tertiary/aromatic N) is 1. The van der Waals surface area contributed by atoms with Crippen molar-refractivity contribution < 1.29 is 18.7 Å². The van der Waals surface area contributed by atoms with Crippen molar-refractivity contribution in [3.8, 4) is 0 Å². The monoisotopic (exact) mass is 215 g/mol. The maximum Gasteiger partial charge on any atom is 0.332 e. The van der Waals surface area contributed by atoms with Crippen molar-refractivity contribution in [1.29, 1.82) is 0 Å². The average molecular weight is 215 g/mol. The molecule has 2 aliphatic rings. The van der Waals surface area contributed by atoms with Gasteiger partial charge in [-0.25, -0.2) is 9.18 Å². The van der Waals surface area contributed by atoms with E-state index < -0.39 is 17.7 Å². The molecule has 1 amide bonds. The van der Waals surface area contributed by atoms with Crippen molar-refractivity contribution in [1.82, 2.24) is 4.90 Å². The Hall–Kier alpha value is -1.13. The Morgan fingerprint density at radius 2 is 2.47 bits per heavy atom. The van der Waals surface area contributed by atoms with Gasteiger partial charge in [0.05, 0.1) is 13.2 Å². The lowest BCUT2D eigenvalue weighted by atomic mass is 9.94. The van der Waals surface area contributed by atoms with E-state index in [4.69, 9.17) is 4.74 Å². The van der Waals surface area contributed by atoms with Crippen LogP contribution < -0.4 is 0 Å². The van der Waals surface area contributed by atoms with Gasteiger partial charge in [0.1, 0.15) is 11.7 Å². The molecule has 15 heavy (non-hydrogen) atoms. The number of fused-ring (bicyclic) bond motifs is 1. The SMILES string of the molecule is CCOC(=O)[C@@]12CCC(=O)N1CC(F)C2. The van der Waals surface area contributed by atoms with E-state index in [1.54, 1.807) is 6.92 Å². The van der Waals surface area contributed by atoms with Crippen molar-refractivity contribution >= 4 is 11.9 Å². The van der Waals surface area contributed by atoms with Crippen LogP contribution in [0, 0.1) is 0 Å². The van der Waals surface area contributed by atoms with Crippen LogP contribution >= 0.6 is 0 Å². The Labute approximate surface area is 87.4 Å². The van der Waals surface area contributed by atoms with Gasteiger partial charge in [0.15, 0.2) is 0 Å². The van der Waals surface area contributed by atoms with Gasteiger partial charge in [-0.15, -0.1) is 0 Å². The summed E-state index contributed by atoms with van der Waals surface area (Å²) in [5, 5.41) is 0. The lowest BCUT2D eigenvalue weighted by molar-refractivity contribution is -0.157. The normalized spacial score (nSPS) is 34.4. The first-order valence-corrected chi connectivity index (χ1v) is 5.22. The lowest BCUT2D eigenvalue weighted by Gasteiger charge is -2.28. The van der Waals surface area contributed by atoms with Crippen molar-refractivity contribution in [3.63, 3.8) is 0 Å². The summed E-state index contributed by atoms with van der Waals surface area (Å²) in [5.41, 5.74) is -0.994. The summed E-state index contributed by atoms with van der Waals surface area (Å²) in [4.78, 5) is 24.6. The van der Waals surface area contributed by atoms with Crippen LogP contribution in [0.25, 0.3) is 0 Å². The molecule has 2 fully saturated rings. The van der Waals surface area contributed by atoms with Crippen molar-refractivity contribution in [3.05, 3.63) is 0 Å². The second-order valence-electron chi connectivity index (χ2n) is 4.06. The molecule has 84 valence electrons. The molecule has 0 bridgehead atoms. The fourth-order valence-electron chi connectivity index (χ4n) is 2.50. The zero-order chi connectivity index (χ0) is 11.1. The van der Waals surface area contributed by atoms with Crippen molar-refractivity contribution in [2.75, 3.05) is 13.2 Å². The molecule has 2 heterocycles. The standard InChI is InChI=1S/C10H14FNO3/c1-2-15-9(14)10-4-3-8(13)12(10)6-7(11)5-10/h7H,2-6H2,1H3/t7?,10-/m0/s1. The summed E-state index contributed by atoms with van der Waals surface area (Å²) in [7, 11) is 0. The zero-order valence-electron chi connectivity index (χ0n) is 8.66. The van der Waals surface area contributed by atoms with Gasteiger partial charge < -0.3 is 9.64 Å². The van der Waals surface area contributed by atoms with Crippen LogP contribution in [0.2, 0.25) is 0 Å². The van der Waals surface area contributed by atoms with Gasteiger partial charge >= 0.3 is 5.97 Å². The third-order valence-corrected chi connectivity index (χ3v) is 3.17. The highest BCUT2D eigenvalue weighted by Crippen LogP contribution is 2.41. The van der Waals surface area contributed by atoms with Crippen LogP contribution in [0.5, 0.6) is 0 Å². The number of amides is 1. The molecule has 0 N–H and O–H groups in total. The molecule has 1 unspecified atom stereocenters. The van der Waals surface area contributed by atoms with E-state index in [1.807, 2.05) is 0 Å². The number of alkyl halides is 1. The van der Waals surface area contributed by atoms with Crippen LogP contribution in [0.4, 0.5) is 4.39 Å². The van der Waals surface area contributed by atoms with Gasteiger partial charge in [-0.1, -0.05) is 0 Å². The molecule has 0 aromatic carbocycles. The molecule has 2 aliphatic heterocycles. The summed E-state index contributed by atoms with van der Waals surface area (Å²) in [6.07, 6.45) is -0.285.